The second-order valence-electron chi connectivity index (χ2n) is 5.39. The van der Waals surface area contributed by atoms with E-state index in [1.54, 1.807) is 12.1 Å². The van der Waals surface area contributed by atoms with Crippen molar-refractivity contribution < 1.29 is 9.90 Å². The molecule has 2 aromatic carbocycles. The Bertz CT molecular complexity index is 841. The van der Waals surface area contributed by atoms with Crippen molar-refractivity contribution in [3.8, 4) is 5.75 Å². The Kier molecular flexibility index (Phi) is 4.21. The Morgan fingerprint density at radius 3 is 2.65 bits per heavy atom. The molecule has 0 aromatic heterocycles. The lowest BCUT2D eigenvalue weighted by molar-refractivity contribution is -0.115. The van der Waals surface area contributed by atoms with E-state index in [2.05, 4.69) is 10.3 Å². The van der Waals surface area contributed by atoms with E-state index in [0.717, 1.165) is 16.7 Å². The largest absolute Gasteiger partial charge is 0.506 e. The van der Waals surface area contributed by atoms with Crippen molar-refractivity contribution in [2.24, 2.45) is 4.99 Å². The summed E-state index contributed by atoms with van der Waals surface area (Å²) in [7, 11) is 0. The molecule has 0 spiro atoms. The first-order chi connectivity index (χ1) is 11.0. The fraction of sp³-hybridized carbons (Fsp3) is 0.111. The molecule has 3 rings (SSSR count). The van der Waals surface area contributed by atoms with Crippen molar-refractivity contribution in [3.63, 3.8) is 0 Å². The predicted molar refractivity (Wildman–Crippen MR) is 94.8 cm³/mol. The molecular weight excluding hydrogens is 308 g/mol. The van der Waals surface area contributed by atoms with E-state index in [0.29, 0.717) is 15.8 Å². The van der Waals surface area contributed by atoms with Crippen molar-refractivity contribution in [2.45, 2.75) is 13.8 Å². The van der Waals surface area contributed by atoms with Gasteiger partial charge in [-0.2, -0.15) is 0 Å². The van der Waals surface area contributed by atoms with Gasteiger partial charge in [-0.25, -0.2) is 4.99 Å². The van der Waals surface area contributed by atoms with Crippen molar-refractivity contribution in [1.29, 1.82) is 0 Å². The van der Waals surface area contributed by atoms with Crippen LogP contribution in [-0.2, 0) is 4.79 Å². The summed E-state index contributed by atoms with van der Waals surface area (Å²) in [4.78, 5) is 17.0. The molecule has 0 saturated carbocycles. The number of nitrogens with one attached hydrogen (secondary N) is 1. The average Bonchev–Trinajstić information content (AvgIpc) is 2.82. The molecule has 0 aliphatic carbocycles. The van der Waals surface area contributed by atoms with E-state index in [1.807, 2.05) is 50.3 Å². The number of hydrogen-bond acceptors (Lipinski definition) is 4. The fourth-order valence-corrected chi connectivity index (χ4v) is 3.06. The monoisotopic (exact) mass is 324 g/mol. The number of hydrogen-bond donors (Lipinski definition) is 2. The van der Waals surface area contributed by atoms with Gasteiger partial charge in [0.25, 0.3) is 5.91 Å². The summed E-state index contributed by atoms with van der Waals surface area (Å²) in [6.45, 7) is 3.91. The molecule has 0 unspecified atom stereocenters. The number of aromatic hydroxyl groups is 1. The van der Waals surface area contributed by atoms with Crippen molar-refractivity contribution >= 4 is 34.6 Å². The van der Waals surface area contributed by atoms with E-state index < -0.39 is 0 Å². The summed E-state index contributed by atoms with van der Waals surface area (Å²) >= 11 is 1.27. The molecule has 4 nitrogen and oxygen atoms in total. The molecule has 0 bridgehead atoms. The van der Waals surface area contributed by atoms with Crippen LogP contribution in [0.3, 0.4) is 0 Å². The van der Waals surface area contributed by atoms with E-state index in [-0.39, 0.29) is 11.7 Å². The summed E-state index contributed by atoms with van der Waals surface area (Å²) in [6, 6.07) is 13.2. The zero-order chi connectivity index (χ0) is 16.4. The smallest absolute Gasteiger partial charge is 0.264 e. The van der Waals surface area contributed by atoms with Gasteiger partial charge in [-0.15, -0.1) is 0 Å². The fourth-order valence-electron chi connectivity index (χ4n) is 2.23. The van der Waals surface area contributed by atoms with Gasteiger partial charge in [0.05, 0.1) is 4.91 Å². The number of phenolic OH excluding ortho intramolecular Hbond substituents is 1. The molecule has 1 amide bonds. The molecule has 116 valence electrons. The first kappa shape index (κ1) is 15.4. The standard InChI is InChI=1S/C18H16N2O2S/c1-11-4-3-5-13(8-11)10-16-17(22)20-18(23-16)19-14-7-6-12(2)9-15(14)21/h3-10,21H,1-2H3,(H,19,20,22)/b16-10-. The third-order valence-corrected chi connectivity index (χ3v) is 4.25. The second-order valence-corrected chi connectivity index (χ2v) is 6.42. The van der Waals surface area contributed by atoms with Gasteiger partial charge in [0.2, 0.25) is 0 Å². The van der Waals surface area contributed by atoms with Crippen LogP contribution in [0.4, 0.5) is 5.69 Å². The molecule has 2 N–H and O–H groups in total. The number of aryl methyl sites for hydroxylation is 2. The third-order valence-electron chi connectivity index (χ3n) is 3.34. The Balaban J connectivity index is 1.86. The first-order valence-corrected chi connectivity index (χ1v) is 7.99. The summed E-state index contributed by atoms with van der Waals surface area (Å²) in [5.74, 6) is -0.0784. The number of benzene rings is 2. The zero-order valence-electron chi connectivity index (χ0n) is 12.8. The van der Waals surface area contributed by atoms with Gasteiger partial charge in [0.15, 0.2) is 5.17 Å². The van der Waals surface area contributed by atoms with E-state index in [1.165, 1.54) is 11.8 Å². The number of aliphatic imine (C=N–C) groups is 1. The van der Waals surface area contributed by atoms with Crippen molar-refractivity contribution in [3.05, 3.63) is 64.1 Å². The number of phenols is 1. The highest BCUT2D eigenvalue weighted by atomic mass is 32.2. The zero-order valence-corrected chi connectivity index (χ0v) is 13.6. The predicted octanol–water partition coefficient (Wildman–Crippen LogP) is 3.90. The number of amidine groups is 1. The summed E-state index contributed by atoms with van der Waals surface area (Å²) in [5.41, 5.74) is 3.51. The highest BCUT2D eigenvalue weighted by Gasteiger charge is 2.24. The number of thioether (sulfide) groups is 1. The van der Waals surface area contributed by atoms with E-state index in [4.69, 9.17) is 0 Å². The molecule has 5 heteroatoms. The molecule has 0 atom stereocenters. The maximum absolute atomic E-state index is 12.1. The van der Waals surface area contributed by atoms with Crippen LogP contribution in [0.2, 0.25) is 0 Å². The van der Waals surface area contributed by atoms with Gasteiger partial charge in [-0.1, -0.05) is 35.9 Å². The maximum atomic E-state index is 12.1. The van der Waals surface area contributed by atoms with Gasteiger partial charge in [-0.3, -0.25) is 4.79 Å². The van der Waals surface area contributed by atoms with Gasteiger partial charge in [0.1, 0.15) is 11.4 Å². The van der Waals surface area contributed by atoms with Crippen LogP contribution in [0.15, 0.2) is 52.4 Å². The second kappa shape index (κ2) is 6.30. The lowest BCUT2D eigenvalue weighted by Gasteiger charge is -2.01. The minimum atomic E-state index is -0.179. The Labute approximate surface area is 139 Å². The molecule has 0 radical (unpaired) electrons. The summed E-state index contributed by atoms with van der Waals surface area (Å²) < 4.78 is 0. The highest BCUT2D eigenvalue weighted by Crippen LogP contribution is 2.32. The topological polar surface area (TPSA) is 61.7 Å². The molecule has 1 heterocycles. The van der Waals surface area contributed by atoms with Crippen molar-refractivity contribution in [2.75, 3.05) is 0 Å². The normalized spacial score (nSPS) is 17.7. The van der Waals surface area contributed by atoms with Crippen LogP contribution < -0.4 is 5.32 Å². The van der Waals surface area contributed by atoms with Gasteiger partial charge >= 0.3 is 0 Å². The van der Waals surface area contributed by atoms with Gasteiger partial charge in [0, 0.05) is 0 Å². The average molecular weight is 324 g/mol. The number of carbonyl (C=O) groups is 1. The molecule has 1 fully saturated rings. The van der Waals surface area contributed by atoms with Gasteiger partial charge in [-0.05, 0) is 54.9 Å². The van der Waals surface area contributed by atoms with Crippen LogP contribution in [0, 0.1) is 13.8 Å². The Morgan fingerprint density at radius 1 is 1.13 bits per heavy atom. The molecule has 1 aliphatic rings. The lowest BCUT2D eigenvalue weighted by atomic mass is 10.1. The van der Waals surface area contributed by atoms with E-state index in [9.17, 15) is 9.90 Å². The Morgan fingerprint density at radius 2 is 1.91 bits per heavy atom. The van der Waals surface area contributed by atoms with Crippen LogP contribution >= 0.6 is 11.8 Å². The van der Waals surface area contributed by atoms with E-state index >= 15 is 0 Å². The number of carbonyl (C=O) groups excluding carboxylic acids is 1. The Hall–Kier alpha value is -2.53. The summed E-state index contributed by atoms with van der Waals surface area (Å²) in [5, 5.41) is 13.1. The highest BCUT2D eigenvalue weighted by molar-refractivity contribution is 8.18. The number of amides is 1. The molecule has 1 saturated heterocycles. The van der Waals surface area contributed by atoms with Crippen molar-refractivity contribution in [1.82, 2.24) is 5.32 Å². The minimum absolute atomic E-state index is 0.100. The quantitative estimate of drug-likeness (QED) is 0.824. The molecular formula is C18H16N2O2S. The molecule has 23 heavy (non-hydrogen) atoms. The molecule has 1 aliphatic heterocycles. The summed E-state index contributed by atoms with van der Waals surface area (Å²) in [6.07, 6.45) is 1.84. The van der Waals surface area contributed by atoms with Crippen LogP contribution in [-0.4, -0.2) is 16.2 Å². The van der Waals surface area contributed by atoms with Gasteiger partial charge < -0.3 is 10.4 Å². The molecule has 2 aromatic rings. The minimum Gasteiger partial charge on any atom is -0.506 e. The maximum Gasteiger partial charge on any atom is 0.264 e. The lowest BCUT2D eigenvalue weighted by Crippen LogP contribution is -2.19. The van der Waals surface area contributed by atoms with Crippen LogP contribution in [0.25, 0.3) is 6.08 Å². The number of rotatable bonds is 2. The number of nitrogens with zero attached hydrogens (tertiary/aromatic N) is 1. The van der Waals surface area contributed by atoms with Crippen LogP contribution in [0.1, 0.15) is 16.7 Å². The first-order valence-electron chi connectivity index (χ1n) is 7.17. The SMILES string of the molecule is Cc1cccc(/C=C2\SC(=Nc3ccc(C)cc3O)NC2=O)c1. The third kappa shape index (κ3) is 3.63. The van der Waals surface area contributed by atoms with Crippen LogP contribution in [0.5, 0.6) is 5.75 Å².